The van der Waals surface area contributed by atoms with Crippen LogP contribution < -0.4 is 5.73 Å². The van der Waals surface area contributed by atoms with Gasteiger partial charge in [-0.05, 0) is 42.0 Å². The number of methoxy groups -OCH3 is 1. The number of rotatable bonds is 6. The van der Waals surface area contributed by atoms with E-state index in [-0.39, 0.29) is 18.0 Å². The van der Waals surface area contributed by atoms with E-state index in [9.17, 15) is 12.8 Å². The number of halogens is 2. The molecule has 0 radical (unpaired) electrons. The lowest BCUT2D eigenvalue weighted by Gasteiger charge is -2.15. The van der Waals surface area contributed by atoms with Crippen LogP contribution in [0.5, 0.6) is 0 Å². The number of benzene rings is 2. The predicted octanol–water partition coefficient (Wildman–Crippen LogP) is 3.01. The Bertz CT molecular complexity index is 872. The second-order valence-corrected chi connectivity index (χ2v) is 8.83. The SMILES string of the molecule is COC[C@]1(CN)[C@@H](c2cccc(F)c2)[C@@H]1S(=O)(=O)c1ccc(Cl)cc1. The Morgan fingerprint density at radius 1 is 1.24 bits per heavy atom. The molecule has 0 amide bonds. The molecule has 134 valence electrons. The monoisotopic (exact) mass is 383 g/mol. The molecular weight excluding hydrogens is 365 g/mol. The average Bonchev–Trinajstić information content (AvgIpc) is 3.26. The van der Waals surface area contributed by atoms with Gasteiger partial charge in [0.1, 0.15) is 5.82 Å². The van der Waals surface area contributed by atoms with E-state index in [0.717, 1.165) is 0 Å². The smallest absolute Gasteiger partial charge is 0.182 e. The molecule has 1 aliphatic carbocycles. The molecule has 0 aromatic heterocycles. The normalized spacial score (nSPS) is 25.8. The molecule has 0 spiro atoms. The summed E-state index contributed by atoms with van der Waals surface area (Å²) >= 11 is 5.86. The molecule has 0 aliphatic heterocycles. The van der Waals surface area contributed by atoms with Crippen LogP contribution >= 0.6 is 11.6 Å². The molecular formula is C18H19ClFNO3S. The zero-order valence-corrected chi connectivity index (χ0v) is 15.2. The molecule has 0 saturated heterocycles. The summed E-state index contributed by atoms with van der Waals surface area (Å²) in [4.78, 5) is 0.176. The van der Waals surface area contributed by atoms with Gasteiger partial charge in [0.15, 0.2) is 9.84 Å². The van der Waals surface area contributed by atoms with Gasteiger partial charge < -0.3 is 10.5 Å². The van der Waals surface area contributed by atoms with Crippen LogP contribution in [0, 0.1) is 11.2 Å². The van der Waals surface area contributed by atoms with Crippen molar-refractivity contribution in [1.82, 2.24) is 0 Å². The zero-order valence-electron chi connectivity index (χ0n) is 13.7. The largest absolute Gasteiger partial charge is 0.384 e. The highest BCUT2D eigenvalue weighted by Gasteiger charge is 2.70. The molecule has 7 heteroatoms. The summed E-state index contributed by atoms with van der Waals surface area (Å²) in [6, 6.07) is 12.0. The molecule has 1 saturated carbocycles. The molecule has 2 aromatic carbocycles. The standard InChI is InChI=1S/C18H19ClFNO3S/c1-24-11-18(10-21)16(12-3-2-4-14(20)9-12)17(18)25(22,23)15-7-5-13(19)6-8-15/h2-9,16-17H,10-11,21H2,1H3/t16-,17-,18+/m0/s1. The first kappa shape index (κ1) is 18.3. The fourth-order valence-electron chi connectivity index (χ4n) is 3.66. The van der Waals surface area contributed by atoms with Crippen LogP contribution in [0.4, 0.5) is 4.39 Å². The van der Waals surface area contributed by atoms with Crippen LogP contribution in [-0.4, -0.2) is 33.9 Å². The Morgan fingerprint density at radius 3 is 2.48 bits per heavy atom. The fourth-order valence-corrected chi connectivity index (χ4v) is 6.23. The Morgan fingerprint density at radius 2 is 1.92 bits per heavy atom. The molecule has 4 nitrogen and oxygen atoms in total. The summed E-state index contributed by atoms with van der Waals surface area (Å²) in [5.74, 6) is -0.829. The summed E-state index contributed by atoms with van der Waals surface area (Å²) in [5, 5.41) is -0.314. The van der Waals surface area contributed by atoms with E-state index >= 15 is 0 Å². The zero-order chi connectivity index (χ0) is 18.2. The minimum atomic E-state index is -3.68. The third-order valence-corrected chi connectivity index (χ3v) is 7.45. The molecule has 2 N–H and O–H groups in total. The second kappa shape index (κ2) is 6.68. The Hall–Kier alpha value is -1.47. The minimum Gasteiger partial charge on any atom is -0.384 e. The van der Waals surface area contributed by atoms with Crippen molar-refractivity contribution in [2.75, 3.05) is 20.3 Å². The van der Waals surface area contributed by atoms with Gasteiger partial charge in [-0.25, -0.2) is 12.8 Å². The second-order valence-electron chi connectivity index (χ2n) is 6.32. The summed E-state index contributed by atoms with van der Waals surface area (Å²) in [6.45, 7) is 0.307. The lowest BCUT2D eigenvalue weighted by molar-refractivity contribution is 0.142. The summed E-state index contributed by atoms with van der Waals surface area (Å²) in [6.07, 6.45) is 0. The maximum Gasteiger partial charge on any atom is 0.182 e. The number of hydrogen-bond donors (Lipinski definition) is 1. The summed E-state index contributed by atoms with van der Waals surface area (Å²) in [5.41, 5.74) is 5.79. The highest BCUT2D eigenvalue weighted by atomic mass is 35.5. The van der Waals surface area contributed by atoms with Gasteiger partial charge in [0.2, 0.25) is 0 Å². The van der Waals surface area contributed by atoms with Crippen LogP contribution in [0.1, 0.15) is 11.5 Å². The van der Waals surface area contributed by atoms with Crippen molar-refractivity contribution in [2.24, 2.45) is 11.1 Å². The van der Waals surface area contributed by atoms with Gasteiger partial charge >= 0.3 is 0 Å². The first-order chi connectivity index (χ1) is 11.9. The van der Waals surface area contributed by atoms with E-state index in [4.69, 9.17) is 22.1 Å². The molecule has 2 aromatic rings. The maximum atomic E-state index is 13.7. The van der Waals surface area contributed by atoms with Crippen molar-refractivity contribution >= 4 is 21.4 Å². The fraction of sp³-hybridized carbons (Fsp3) is 0.333. The Balaban J connectivity index is 2.07. The average molecular weight is 384 g/mol. The van der Waals surface area contributed by atoms with Gasteiger partial charge in [0.25, 0.3) is 0 Å². The predicted molar refractivity (Wildman–Crippen MR) is 94.9 cm³/mol. The van der Waals surface area contributed by atoms with E-state index in [1.807, 2.05) is 0 Å². The van der Waals surface area contributed by atoms with Gasteiger partial charge in [0, 0.05) is 30.0 Å². The van der Waals surface area contributed by atoms with Crippen molar-refractivity contribution in [3.63, 3.8) is 0 Å². The molecule has 3 atom stereocenters. The summed E-state index contributed by atoms with van der Waals surface area (Å²) < 4.78 is 45.3. The maximum absolute atomic E-state index is 13.7. The van der Waals surface area contributed by atoms with Crippen LogP contribution in [0.25, 0.3) is 0 Å². The van der Waals surface area contributed by atoms with Crippen molar-refractivity contribution in [2.45, 2.75) is 16.1 Å². The van der Waals surface area contributed by atoms with Crippen molar-refractivity contribution in [3.05, 3.63) is 64.9 Å². The number of ether oxygens (including phenoxy) is 1. The van der Waals surface area contributed by atoms with Crippen molar-refractivity contribution in [1.29, 1.82) is 0 Å². The van der Waals surface area contributed by atoms with E-state index in [1.165, 1.54) is 43.5 Å². The topological polar surface area (TPSA) is 69.4 Å². The van der Waals surface area contributed by atoms with Crippen molar-refractivity contribution < 1.29 is 17.5 Å². The molecule has 25 heavy (non-hydrogen) atoms. The molecule has 0 bridgehead atoms. The third kappa shape index (κ3) is 3.08. The van der Waals surface area contributed by atoms with Gasteiger partial charge in [-0.15, -0.1) is 0 Å². The van der Waals surface area contributed by atoms with Gasteiger partial charge in [0.05, 0.1) is 16.8 Å². The van der Waals surface area contributed by atoms with Gasteiger partial charge in [-0.1, -0.05) is 23.7 Å². The number of sulfone groups is 1. The van der Waals surface area contributed by atoms with Gasteiger partial charge in [-0.3, -0.25) is 0 Å². The number of hydrogen-bond acceptors (Lipinski definition) is 4. The van der Waals surface area contributed by atoms with E-state index < -0.39 is 32.2 Å². The first-order valence-corrected chi connectivity index (χ1v) is 9.73. The Kier molecular flexibility index (Phi) is 4.90. The quantitative estimate of drug-likeness (QED) is 0.832. The van der Waals surface area contributed by atoms with E-state index in [2.05, 4.69) is 0 Å². The highest BCUT2D eigenvalue weighted by molar-refractivity contribution is 7.92. The van der Waals surface area contributed by atoms with Crippen LogP contribution in [-0.2, 0) is 14.6 Å². The Labute approximate surface area is 151 Å². The molecule has 3 rings (SSSR count). The highest BCUT2D eigenvalue weighted by Crippen LogP contribution is 2.63. The first-order valence-electron chi connectivity index (χ1n) is 7.81. The van der Waals surface area contributed by atoms with Crippen molar-refractivity contribution in [3.8, 4) is 0 Å². The van der Waals surface area contributed by atoms with Gasteiger partial charge in [-0.2, -0.15) is 0 Å². The number of nitrogens with two attached hydrogens (primary N) is 1. The lowest BCUT2D eigenvalue weighted by Crippen LogP contribution is -2.28. The third-order valence-electron chi connectivity index (χ3n) is 4.86. The molecule has 0 heterocycles. The summed E-state index contributed by atoms with van der Waals surface area (Å²) in [7, 11) is -2.17. The lowest BCUT2D eigenvalue weighted by atomic mass is 10.00. The molecule has 1 fully saturated rings. The van der Waals surface area contributed by atoms with Crippen LogP contribution in [0.15, 0.2) is 53.4 Å². The van der Waals surface area contributed by atoms with Crippen LogP contribution in [0.3, 0.4) is 0 Å². The van der Waals surface area contributed by atoms with Crippen LogP contribution in [0.2, 0.25) is 5.02 Å². The van der Waals surface area contributed by atoms with E-state index in [0.29, 0.717) is 10.6 Å². The molecule has 0 unspecified atom stereocenters. The minimum absolute atomic E-state index is 0.125. The molecule has 1 aliphatic rings. The van der Waals surface area contributed by atoms with E-state index in [1.54, 1.807) is 12.1 Å².